The van der Waals surface area contributed by atoms with E-state index in [2.05, 4.69) is 5.32 Å². The van der Waals surface area contributed by atoms with Gasteiger partial charge in [-0.15, -0.1) is 0 Å². The van der Waals surface area contributed by atoms with Crippen molar-refractivity contribution in [1.29, 1.82) is 0 Å². The molecule has 2 aromatic carbocycles. The van der Waals surface area contributed by atoms with Gasteiger partial charge in [0.2, 0.25) is 0 Å². The van der Waals surface area contributed by atoms with Crippen molar-refractivity contribution < 1.29 is 19.7 Å². The molecule has 1 aliphatic rings. The van der Waals surface area contributed by atoms with Crippen LogP contribution in [0.1, 0.15) is 36.6 Å². The molecule has 1 atom stereocenters. The summed E-state index contributed by atoms with van der Waals surface area (Å²) in [5.74, 6) is 1.27. The van der Waals surface area contributed by atoms with Crippen molar-refractivity contribution in [3.05, 3.63) is 47.0 Å². The molecule has 0 saturated carbocycles. The van der Waals surface area contributed by atoms with Crippen LogP contribution in [0.25, 0.3) is 0 Å². The molecule has 0 saturated heterocycles. The minimum atomic E-state index is -0.0987. The molecular formula is C19H23NO4. The molecule has 0 aliphatic carbocycles. The van der Waals surface area contributed by atoms with E-state index in [9.17, 15) is 10.2 Å². The summed E-state index contributed by atoms with van der Waals surface area (Å²) < 4.78 is 11.3. The molecule has 24 heavy (non-hydrogen) atoms. The first-order valence-corrected chi connectivity index (χ1v) is 8.31. The van der Waals surface area contributed by atoms with Crippen molar-refractivity contribution in [1.82, 2.24) is 5.32 Å². The topological polar surface area (TPSA) is 71.0 Å². The van der Waals surface area contributed by atoms with Gasteiger partial charge < -0.3 is 25.0 Å². The monoisotopic (exact) mass is 329 g/mol. The minimum absolute atomic E-state index is 0.0601. The summed E-state index contributed by atoms with van der Waals surface area (Å²) in [6.45, 7) is 5.83. The minimum Gasteiger partial charge on any atom is -0.504 e. The summed E-state index contributed by atoms with van der Waals surface area (Å²) in [7, 11) is 0. The highest BCUT2D eigenvalue weighted by molar-refractivity contribution is 5.52. The van der Waals surface area contributed by atoms with Gasteiger partial charge in [0, 0.05) is 6.54 Å². The first kappa shape index (κ1) is 16.5. The summed E-state index contributed by atoms with van der Waals surface area (Å²) in [5, 5.41) is 23.1. The van der Waals surface area contributed by atoms with E-state index in [1.54, 1.807) is 12.1 Å². The fourth-order valence-electron chi connectivity index (χ4n) is 3.13. The Morgan fingerprint density at radius 3 is 2.46 bits per heavy atom. The molecular weight excluding hydrogens is 306 g/mol. The van der Waals surface area contributed by atoms with Gasteiger partial charge in [-0.1, -0.05) is 6.07 Å². The third kappa shape index (κ3) is 3.12. The van der Waals surface area contributed by atoms with Crippen LogP contribution in [-0.2, 0) is 6.42 Å². The largest absolute Gasteiger partial charge is 0.504 e. The molecule has 0 fully saturated rings. The SMILES string of the molecule is CCOc1ccc(C2NCCc3cc(O)c(O)cc32)cc1OCC. The van der Waals surface area contributed by atoms with E-state index in [1.807, 2.05) is 32.0 Å². The molecule has 5 nitrogen and oxygen atoms in total. The summed E-state index contributed by atoms with van der Waals surface area (Å²) in [4.78, 5) is 0. The van der Waals surface area contributed by atoms with Crippen LogP contribution < -0.4 is 14.8 Å². The van der Waals surface area contributed by atoms with E-state index in [0.29, 0.717) is 19.0 Å². The normalized spacial score (nSPS) is 16.5. The lowest BCUT2D eigenvalue weighted by atomic mass is 9.89. The highest BCUT2D eigenvalue weighted by atomic mass is 16.5. The average Bonchev–Trinajstić information content (AvgIpc) is 2.57. The van der Waals surface area contributed by atoms with Gasteiger partial charge in [-0.2, -0.15) is 0 Å². The lowest BCUT2D eigenvalue weighted by Crippen LogP contribution is -2.30. The Morgan fingerprint density at radius 2 is 1.71 bits per heavy atom. The number of phenols is 2. The van der Waals surface area contributed by atoms with Gasteiger partial charge in [0.05, 0.1) is 19.3 Å². The predicted octanol–water partition coefficient (Wildman–Crippen LogP) is 3.13. The number of fused-ring (bicyclic) bond motifs is 1. The zero-order valence-corrected chi connectivity index (χ0v) is 14.0. The number of aromatic hydroxyl groups is 2. The molecule has 1 aliphatic heterocycles. The zero-order chi connectivity index (χ0) is 17.1. The van der Waals surface area contributed by atoms with Gasteiger partial charge in [0.1, 0.15) is 0 Å². The summed E-state index contributed by atoms with van der Waals surface area (Å²) in [5.41, 5.74) is 3.05. The Hall–Kier alpha value is -2.40. The Bertz CT molecular complexity index is 730. The van der Waals surface area contributed by atoms with Crippen LogP contribution in [0.15, 0.2) is 30.3 Å². The number of phenolic OH excluding ortho intramolecular Hbond substituents is 2. The molecule has 3 N–H and O–H groups in total. The standard InChI is InChI=1S/C19H23NO4/c1-3-23-17-6-5-13(10-18(17)24-4-2)19-14-11-16(22)15(21)9-12(14)7-8-20-19/h5-6,9-11,19-22H,3-4,7-8H2,1-2H3. The zero-order valence-electron chi connectivity index (χ0n) is 14.0. The Kier molecular flexibility index (Phi) is 4.81. The highest BCUT2D eigenvalue weighted by Crippen LogP contribution is 2.38. The van der Waals surface area contributed by atoms with Gasteiger partial charge in [0.15, 0.2) is 23.0 Å². The lowest BCUT2D eigenvalue weighted by molar-refractivity contribution is 0.287. The maximum Gasteiger partial charge on any atom is 0.161 e. The predicted molar refractivity (Wildman–Crippen MR) is 92.1 cm³/mol. The maximum absolute atomic E-state index is 9.87. The molecule has 3 rings (SSSR count). The number of rotatable bonds is 5. The second-order valence-corrected chi connectivity index (χ2v) is 5.75. The summed E-state index contributed by atoms with van der Waals surface area (Å²) in [6.07, 6.45) is 0.815. The van der Waals surface area contributed by atoms with Crippen LogP contribution in [0.5, 0.6) is 23.0 Å². The van der Waals surface area contributed by atoms with Gasteiger partial charge in [0.25, 0.3) is 0 Å². The molecule has 5 heteroatoms. The van der Waals surface area contributed by atoms with Crippen LogP contribution in [0, 0.1) is 0 Å². The molecule has 1 unspecified atom stereocenters. The molecule has 0 radical (unpaired) electrons. The van der Waals surface area contributed by atoms with Crippen molar-refractivity contribution >= 4 is 0 Å². The summed E-state index contributed by atoms with van der Waals surface area (Å²) in [6, 6.07) is 9.12. The molecule has 1 heterocycles. The first-order chi connectivity index (χ1) is 11.6. The number of nitrogens with one attached hydrogen (secondary N) is 1. The van der Waals surface area contributed by atoms with E-state index in [4.69, 9.17) is 9.47 Å². The molecule has 0 spiro atoms. The second-order valence-electron chi connectivity index (χ2n) is 5.75. The smallest absolute Gasteiger partial charge is 0.161 e. The number of ether oxygens (including phenoxy) is 2. The Labute approximate surface area is 141 Å². The Balaban J connectivity index is 2.01. The van der Waals surface area contributed by atoms with E-state index in [1.165, 1.54) is 0 Å². The second kappa shape index (κ2) is 7.01. The van der Waals surface area contributed by atoms with Gasteiger partial charge in [-0.3, -0.25) is 0 Å². The quantitative estimate of drug-likeness (QED) is 0.735. The number of hydrogen-bond donors (Lipinski definition) is 3. The van der Waals surface area contributed by atoms with Crippen molar-refractivity contribution in [3.63, 3.8) is 0 Å². The third-order valence-corrected chi connectivity index (χ3v) is 4.19. The Morgan fingerprint density at radius 1 is 1.00 bits per heavy atom. The van der Waals surface area contributed by atoms with Crippen molar-refractivity contribution in [2.45, 2.75) is 26.3 Å². The van der Waals surface area contributed by atoms with Crippen LogP contribution in [-0.4, -0.2) is 30.0 Å². The maximum atomic E-state index is 9.87. The number of benzene rings is 2. The molecule has 0 bridgehead atoms. The van der Waals surface area contributed by atoms with Crippen LogP contribution in [0.4, 0.5) is 0 Å². The lowest BCUT2D eigenvalue weighted by Gasteiger charge is -2.28. The highest BCUT2D eigenvalue weighted by Gasteiger charge is 2.24. The van der Waals surface area contributed by atoms with Crippen LogP contribution in [0.3, 0.4) is 0 Å². The molecule has 128 valence electrons. The summed E-state index contributed by atoms with van der Waals surface area (Å²) >= 11 is 0. The van der Waals surface area contributed by atoms with Crippen molar-refractivity contribution in [2.75, 3.05) is 19.8 Å². The van der Waals surface area contributed by atoms with Crippen molar-refractivity contribution in [2.24, 2.45) is 0 Å². The van der Waals surface area contributed by atoms with Crippen molar-refractivity contribution in [3.8, 4) is 23.0 Å². The van der Waals surface area contributed by atoms with Gasteiger partial charge in [-0.25, -0.2) is 0 Å². The molecule has 2 aromatic rings. The first-order valence-electron chi connectivity index (χ1n) is 8.31. The van der Waals surface area contributed by atoms with Gasteiger partial charge >= 0.3 is 0 Å². The third-order valence-electron chi connectivity index (χ3n) is 4.19. The molecule has 0 aromatic heterocycles. The fraction of sp³-hybridized carbons (Fsp3) is 0.368. The average molecular weight is 329 g/mol. The van der Waals surface area contributed by atoms with Gasteiger partial charge in [-0.05, 0) is 61.2 Å². The fourth-order valence-corrected chi connectivity index (χ4v) is 3.13. The van der Waals surface area contributed by atoms with Crippen LogP contribution >= 0.6 is 0 Å². The van der Waals surface area contributed by atoms with E-state index in [-0.39, 0.29) is 17.5 Å². The van der Waals surface area contributed by atoms with E-state index in [0.717, 1.165) is 35.4 Å². The number of hydrogen-bond acceptors (Lipinski definition) is 5. The van der Waals surface area contributed by atoms with Crippen LogP contribution in [0.2, 0.25) is 0 Å². The van der Waals surface area contributed by atoms with E-state index >= 15 is 0 Å². The van der Waals surface area contributed by atoms with E-state index < -0.39 is 0 Å². The molecule has 0 amide bonds.